The molecular formula is C15H21ClN2O. The maximum Gasteiger partial charge on any atom is 0.236 e. The molecule has 0 saturated carbocycles. The fraction of sp³-hybridized carbons (Fsp3) is 0.533. The van der Waals surface area contributed by atoms with Crippen molar-refractivity contribution in [2.45, 2.75) is 45.2 Å². The molecule has 2 rings (SSSR count). The van der Waals surface area contributed by atoms with Crippen LogP contribution in [0.2, 0.25) is 5.02 Å². The van der Waals surface area contributed by atoms with Crippen LogP contribution in [-0.4, -0.2) is 24.5 Å². The first-order valence-electron chi connectivity index (χ1n) is 6.91. The minimum absolute atomic E-state index is 0.0795. The maximum absolute atomic E-state index is 11.8. The zero-order valence-corrected chi connectivity index (χ0v) is 12.3. The van der Waals surface area contributed by atoms with E-state index >= 15 is 0 Å². The van der Waals surface area contributed by atoms with Crippen molar-refractivity contribution in [3.8, 4) is 0 Å². The monoisotopic (exact) mass is 280 g/mol. The summed E-state index contributed by atoms with van der Waals surface area (Å²) in [6.07, 6.45) is 2.88. The number of rotatable bonds is 5. The second kappa shape index (κ2) is 6.40. The van der Waals surface area contributed by atoms with Gasteiger partial charge >= 0.3 is 0 Å². The van der Waals surface area contributed by atoms with Crippen molar-refractivity contribution in [1.29, 1.82) is 0 Å². The summed E-state index contributed by atoms with van der Waals surface area (Å²) in [4.78, 5) is 11.8. The highest BCUT2D eigenvalue weighted by atomic mass is 35.5. The van der Waals surface area contributed by atoms with E-state index in [1.54, 1.807) is 0 Å². The lowest BCUT2D eigenvalue weighted by Gasteiger charge is -2.18. The Morgan fingerprint density at radius 3 is 2.89 bits per heavy atom. The average Bonchev–Trinajstić information content (AvgIpc) is 2.77. The minimum Gasteiger partial charge on any atom is -0.355 e. The van der Waals surface area contributed by atoms with Gasteiger partial charge in [0.2, 0.25) is 5.91 Å². The van der Waals surface area contributed by atoms with E-state index in [-0.39, 0.29) is 11.9 Å². The standard InChI is InChI=1S/C15H21ClN2O/c1-3-6-17-15(19)10(2)18-14-8-11-4-5-13(16)7-12(11)9-14/h4-5,7,10,14,18H,3,6,8-9H2,1-2H3,(H,17,19). The lowest BCUT2D eigenvalue weighted by molar-refractivity contribution is -0.122. The highest BCUT2D eigenvalue weighted by Gasteiger charge is 2.24. The van der Waals surface area contributed by atoms with E-state index in [1.165, 1.54) is 11.1 Å². The summed E-state index contributed by atoms with van der Waals surface area (Å²) in [6, 6.07) is 6.22. The van der Waals surface area contributed by atoms with Gasteiger partial charge in [0.1, 0.15) is 0 Å². The van der Waals surface area contributed by atoms with Crippen LogP contribution in [0.4, 0.5) is 0 Å². The van der Waals surface area contributed by atoms with Gasteiger partial charge in [0, 0.05) is 17.6 Å². The first kappa shape index (κ1) is 14.4. The van der Waals surface area contributed by atoms with E-state index < -0.39 is 0 Å². The van der Waals surface area contributed by atoms with E-state index in [9.17, 15) is 4.79 Å². The molecule has 0 radical (unpaired) electrons. The predicted molar refractivity (Wildman–Crippen MR) is 78.5 cm³/mol. The molecule has 0 bridgehead atoms. The van der Waals surface area contributed by atoms with Gasteiger partial charge in [0.15, 0.2) is 0 Å². The van der Waals surface area contributed by atoms with Gasteiger partial charge in [-0.15, -0.1) is 0 Å². The average molecular weight is 281 g/mol. The fourth-order valence-electron chi connectivity index (χ4n) is 2.54. The largest absolute Gasteiger partial charge is 0.355 e. The summed E-state index contributed by atoms with van der Waals surface area (Å²) in [7, 11) is 0. The molecule has 0 saturated heterocycles. The predicted octanol–water partition coefficient (Wildman–Crippen LogP) is 2.31. The summed E-state index contributed by atoms with van der Waals surface area (Å²) >= 11 is 6.00. The van der Waals surface area contributed by atoms with Crippen molar-refractivity contribution in [3.05, 3.63) is 34.3 Å². The Kier molecular flexibility index (Phi) is 4.83. The van der Waals surface area contributed by atoms with Gasteiger partial charge in [-0.3, -0.25) is 4.79 Å². The highest BCUT2D eigenvalue weighted by molar-refractivity contribution is 6.30. The maximum atomic E-state index is 11.8. The van der Waals surface area contributed by atoms with Gasteiger partial charge in [0.05, 0.1) is 6.04 Å². The molecular weight excluding hydrogens is 260 g/mol. The van der Waals surface area contributed by atoms with Crippen LogP contribution in [0.15, 0.2) is 18.2 Å². The van der Waals surface area contributed by atoms with Gasteiger partial charge in [-0.05, 0) is 49.4 Å². The van der Waals surface area contributed by atoms with Crippen LogP contribution in [0.5, 0.6) is 0 Å². The molecule has 0 spiro atoms. The SMILES string of the molecule is CCCNC(=O)C(C)NC1Cc2ccc(Cl)cc2C1. The first-order valence-corrected chi connectivity index (χ1v) is 7.29. The van der Waals surface area contributed by atoms with Crippen molar-refractivity contribution in [2.24, 2.45) is 0 Å². The number of halogens is 1. The number of fused-ring (bicyclic) bond motifs is 1. The third-order valence-corrected chi connectivity index (χ3v) is 3.76. The molecule has 0 heterocycles. The van der Waals surface area contributed by atoms with E-state index in [4.69, 9.17) is 11.6 Å². The normalized spacial score (nSPS) is 19.0. The molecule has 19 heavy (non-hydrogen) atoms. The van der Waals surface area contributed by atoms with Crippen LogP contribution in [0.3, 0.4) is 0 Å². The van der Waals surface area contributed by atoms with E-state index in [1.807, 2.05) is 19.1 Å². The Morgan fingerprint density at radius 1 is 1.42 bits per heavy atom. The molecule has 104 valence electrons. The molecule has 0 aliphatic heterocycles. The zero-order chi connectivity index (χ0) is 13.8. The van der Waals surface area contributed by atoms with Gasteiger partial charge in [-0.2, -0.15) is 0 Å². The minimum atomic E-state index is -0.152. The van der Waals surface area contributed by atoms with Crippen molar-refractivity contribution >= 4 is 17.5 Å². The molecule has 1 amide bonds. The number of nitrogens with one attached hydrogen (secondary N) is 2. The van der Waals surface area contributed by atoms with Gasteiger partial charge in [-0.25, -0.2) is 0 Å². The van der Waals surface area contributed by atoms with E-state index in [0.717, 1.165) is 30.8 Å². The molecule has 1 aromatic rings. The number of hydrogen-bond acceptors (Lipinski definition) is 2. The third-order valence-electron chi connectivity index (χ3n) is 3.53. The second-order valence-electron chi connectivity index (χ2n) is 5.20. The second-order valence-corrected chi connectivity index (χ2v) is 5.63. The van der Waals surface area contributed by atoms with Crippen LogP contribution in [-0.2, 0) is 17.6 Å². The Bertz CT molecular complexity index is 461. The van der Waals surface area contributed by atoms with Crippen molar-refractivity contribution in [2.75, 3.05) is 6.54 Å². The van der Waals surface area contributed by atoms with Crippen LogP contribution in [0.25, 0.3) is 0 Å². The van der Waals surface area contributed by atoms with Gasteiger partial charge in [-0.1, -0.05) is 24.6 Å². The number of hydrogen-bond donors (Lipinski definition) is 2. The van der Waals surface area contributed by atoms with E-state index in [0.29, 0.717) is 6.04 Å². The molecule has 4 heteroatoms. The lowest BCUT2D eigenvalue weighted by atomic mass is 10.1. The topological polar surface area (TPSA) is 41.1 Å². The number of amides is 1. The van der Waals surface area contributed by atoms with Crippen LogP contribution in [0, 0.1) is 0 Å². The van der Waals surface area contributed by atoms with Crippen molar-refractivity contribution < 1.29 is 4.79 Å². The summed E-state index contributed by atoms with van der Waals surface area (Å²) in [5.74, 6) is 0.0795. The van der Waals surface area contributed by atoms with Gasteiger partial charge in [0.25, 0.3) is 0 Å². The lowest BCUT2D eigenvalue weighted by Crippen LogP contribution is -2.47. The van der Waals surface area contributed by atoms with Crippen molar-refractivity contribution in [1.82, 2.24) is 10.6 Å². The van der Waals surface area contributed by atoms with Crippen molar-refractivity contribution in [3.63, 3.8) is 0 Å². The molecule has 2 atom stereocenters. The summed E-state index contributed by atoms with van der Waals surface area (Å²) < 4.78 is 0. The smallest absolute Gasteiger partial charge is 0.236 e. The Balaban J connectivity index is 1.87. The quantitative estimate of drug-likeness (QED) is 0.869. The molecule has 1 aromatic carbocycles. The molecule has 0 fully saturated rings. The molecule has 0 aromatic heterocycles. The number of benzene rings is 1. The summed E-state index contributed by atoms with van der Waals surface area (Å²) in [5.41, 5.74) is 2.63. The van der Waals surface area contributed by atoms with E-state index in [2.05, 4.69) is 23.6 Å². The van der Waals surface area contributed by atoms with Crippen LogP contribution < -0.4 is 10.6 Å². The summed E-state index contributed by atoms with van der Waals surface area (Å²) in [5, 5.41) is 7.10. The first-order chi connectivity index (χ1) is 9.10. The van der Waals surface area contributed by atoms with Crippen LogP contribution >= 0.6 is 11.6 Å². The molecule has 2 unspecified atom stereocenters. The molecule has 1 aliphatic rings. The zero-order valence-electron chi connectivity index (χ0n) is 11.5. The molecule has 3 nitrogen and oxygen atoms in total. The number of carbonyl (C=O) groups excluding carboxylic acids is 1. The summed E-state index contributed by atoms with van der Waals surface area (Å²) in [6.45, 7) is 4.71. The Labute approximate surface area is 119 Å². The molecule has 2 N–H and O–H groups in total. The fourth-order valence-corrected chi connectivity index (χ4v) is 2.73. The number of carbonyl (C=O) groups is 1. The van der Waals surface area contributed by atoms with Crippen LogP contribution in [0.1, 0.15) is 31.4 Å². The third kappa shape index (κ3) is 3.71. The highest BCUT2D eigenvalue weighted by Crippen LogP contribution is 2.25. The Morgan fingerprint density at radius 2 is 2.16 bits per heavy atom. The van der Waals surface area contributed by atoms with Gasteiger partial charge < -0.3 is 10.6 Å². The molecule has 1 aliphatic carbocycles. The Hall–Kier alpha value is -1.06.